The molecular weight excluding hydrogens is 410 g/mol. The van der Waals surface area contributed by atoms with Gasteiger partial charge in [-0.2, -0.15) is 0 Å². The van der Waals surface area contributed by atoms with Gasteiger partial charge in [-0.05, 0) is 38.3 Å². The van der Waals surface area contributed by atoms with Gasteiger partial charge in [0.1, 0.15) is 0 Å². The largest absolute Gasteiger partial charge is 0.465 e. The van der Waals surface area contributed by atoms with Gasteiger partial charge in [0.2, 0.25) is 0 Å². The first-order valence-corrected chi connectivity index (χ1v) is 13.6. The maximum Gasteiger partial charge on any atom is 0.309 e. The van der Waals surface area contributed by atoms with Gasteiger partial charge < -0.3 is 9.64 Å². The molecule has 1 amide bonds. The summed E-state index contributed by atoms with van der Waals surface area (Å²) in [5.41, 5.74) is 1.82. The molecule has 186 valence electrons. The van der Waals surface area contributed by atoms with Crippen molar-refractivity contribution in [1.29, 1.82) is 0 Å². The van der Waals surface area contributed by atoms with E-state index in [0.29, 0.717) is 32.5 Å². The van der Waals surface area contributed by atoms with E-state index < -0.39 is 0 Å². The Balaban J connectivity index is 1.44. The van der Waals surface area contributed by atoms with Crippen molar-refractivity contribution in [1.82, 2.24) is 4.90 Å². The number of carbonyl (C=O) groups excluding carboxylic acids is 2. The van der Waals surface area contributed by atoms with Crippen molar-refractivity contribution in [2.24, 2.45) is 5.92 Å². The molecule has 4 heteroatoms. The second kappa shape index (κ2) is 16.7. The third-order valence-electron chi connectivity index (χ3n) is 6.87. The van der Waals surface area contributed by atoms with Crippen molar-refractivity contribution in [3.63, 3.8) is 0 Å². The second-order valence-electron chi connectivity index (χ2n) is 9.85. The maximum absolute atomic E-state index is 12.7. The topological polar surface area (TPSA) is 46.6 Å². The molecule has 0 bridgehead atoms. The van der Waals surface area contributed by atoms with Crippen molar-refractivity contribution in [3.05, 3.63) is 35.4 Å². The van der Waals surface area contributed by atoms with Gasteiger partial charge >= 0.3 is 5.97 Å². The number of nitrogens with zero attached hydrogens (tertiary/aromatic N) is 1. The Kier molecular flexibility index (Phi) is 13.9. The number of carbonyl (C=O) groups is 2. The van der Waals surface area contributed by atoms with Gasteiger partial charge in [-0.3, -0.25) is 9.59 Å². The molecule has 1 fully saturated rings. The van der Waals surface area contributed by atoms with Crippen LogP contribution >= 0.6 is 0 Å². The van der Waals surface area contributed by atoms with E-state index in [2.05, 4.69) is 6.92 Å². The minimum Gasteiger partial charge on any atom is -0.465 e. The monoisotopic (exact) mass is 457 g/mol. The lowest BCUT2D eigenvalue weighted by Gasteiger charge is -2.31. The number of ether oxygens (including phenoxy) is 1. The molecule has 0 unspecified atom stereocenters. The molecule has 0 aromatic heterocycles. The Morgan fingerprint density at radius 2 is 1.39 bits per heavy atom. The zero-order valence-electron chi connectivity index (χ0n) is 21.3. The lowest BCUT2D eigenvalue weighted by atomic mass is 9.96. The Morgan fingerprint density at radius 1 is 0.848 bits per heavy atom. The molecule has 33 heavy (non-hydrogen) atoms. The summed E-state index contributed by atoms with van der Waals surface area (Å²) in [6.07, 6.45) is 18.5. The molecular formula is C29H47NO3. The predicted molar refractivity (Wildman–Crippen MR) is 136 cm³/mol. The third kappa shape index (κ3) is 11.2. The highest BCUT2D eigenvalue weighted by Crippen LogP contribution is 2.21. The molecule has 1 aromatic rings. The van der Waals surface area contributed by atoms with Crippen LogP contribution in [0.4, 0.5) is 0 Å². The summed E-state index contributed by atoms with van der Waals surface area (Å²) >= 11 is 0. The standard InChI is InChI=1S/C29H47NO3/c1-3-4-5-6-7-8-9-10-11-12-13-14-15-23-33-29(32)26-19-21-30(22-20-26)28(31)27-18-16-17-25(2)24-27/h16-18,24,26H,3-15,19-23H2,1-2H3. The minimum absolute atomic E-state index is 0.0615. The molecule has 0 atom stereocenters. The van der Waals surface area contributed by atoms with Crippen molar-refractivity contribution >= 4 is 11.9 Å². The van der Waals surface area contributed by atoms with Gasteiger partial charge in [0.05, 0.1) is 12.5 Å². The summed E-state index contributed by atoms with van der Waals surface area (Å²) in [5, 5.41) is 0. The number of rotatable bonds is 16. The highest BCUT2D eigenvalue weighted by Gasteiger charge is 2.28. The van der Waals surface area contributed by atoms with Gasteiger partial charge in [0.15, 0.2) is 0 Å². The number of piperidine rings is 1. The van der Waals surface area contributed by atoms with Crippen LogP contribution in [0.25, 0.3) is 0 Å². The van der Waals surface area contributed by atoms with Crippen LogP contribution < -0.4 is 0 Å². The molecule has 1 aliphatic rings. The summed E-state index contributed by atoms with van der Waals surface area (Å²) in [6, 6.07) is 7.71. The Hall–Kier alpha value is -1.84. The fourth-order valence-corrected chi connectivity index (χ4v) is 4.69. The Bertz CT molecular complexity index is 679. The van der Waals surface area contributed by atoms with Crippen LogP contribution in [0, 0.1) is 12.8 Å². The van der Waals surface area contributed by atoms with Crippen molar-refractivity contribution in [2.75, 3.05) is 19.7 Å². The number of unbranched alkanes of at least 4 members (excludes halogenated alkanes) is 12. The van der Waals surface area contributed by atoms with Crippen molar-refractivity contribution in [3.8, 4) is 0 Å². The summed E-state index contributed by atoms with van der Waals surface area (Å²) in [4.78, 5) is 26.9. The van der Waals surface area contributed by atoms with E-state index in [-0.39, 0.29) is 17.8 Å². The Morgan fingerprint density at radius 3 is 1.94 bits per heavy atom. The first-order valence-electron chi connectivity index (χ1n) is 13.6. The quantitative estimate of drug-likeness (QED) is 0.191. The first-order chi connectivity index (χ1) is 16.1. The summed E-state index contributed by atoms with van der Waals surface area (Å²) in [5.74, 6) is -0.0670. The molecule has 1 heterocycles. The Labute approximate surface area is 202 Å². The van der Waals surface area contributed by atoms with E-state index >= 15 is 0 Å². The zero-order valence-corrected chi connectivity index (χ0v) is 21.3. The summed E-state index contributed by atoms with van der Waals surface area (Å²) < 4.78 is 5.54. The number of hydrogen-bond donors (Lipinski definition) is 0. The van der Waals surface area contributed by atoms with Gasteiger partial charge in [-0.15, -0.1) is 0 Å². The number of esters is 1. The number of likely N-dealkylation sites (tertiary alicyclic amines) is 1. The van der Waals surface area contributed by atoms with Gasteiger partial charge in [-0.1, -0.05) is 102 Å². The molecule has 0 spiro atoms. The SMILES string of the molecule is CCCCCCCCCCCCCCCOC(=O)C1CCN(C(=O)c2cccc(C)c2)CC1. The average molecular weight is 458 g/mol. The number of amides is 1. The molecule has 0 saturated carbocycles. The van der Waals surface area contributed by atoms with E-state index in [1.54, 1.807) is 0 Å². The fraction of sp³-hybridized carbons (Fsp3) is 0.724. The van der Waals surface area contributed by atoms with E-state index in [1.165, 1.54) is 70.6 Å². The lowest BCUT2D eigenvalue weighted by molar-refractivity contribution is -0.150. The van der Waals surface area contributed by atoms with E-state index in [9.17, 15) is 9.59 Å². The molecule has 2 rings (SSSR count). The van der Waals surface area contributed by atoms with Gasteiger partial charge in [-0.25, -0.2) is 0 Å². The van der Waals surface area contributed by atoms with Crippen LogP contribution in [-0.2, 0) is 9.53 Å². The van der Waals surface area contributed by atoms with E-state index in [4.69, 9.17) is 4.74 Å². The normalized spacial score (nSPS) is 14.4. The fourth-order valence-electron chi connectivity index (χ4n) is 4.69. The van der Waals surface area contributed by atoms with Crippen molar-refractivity contribution in [2.45, 2.75) is 110 Å². The molecule has 1 aliphatic heterocycles. The van der Waals surface area contributed by atoms with Gasteiger partial charge in [0, 0.05) is 18.7 Å². The van der Waals surface area contributed by atoms with E-state index in [1.807, 2.05) is 36.1 Å². The predicted octanol–water partition coefficient (Wildman–Crippen LogP) is 7.48. The highest BCUT2D eigenvalue weighted by molar-refractivity contribution is 5.94. The second-order valence-corrected chi connectivity index (χ2v) is 9.85. The van der Waals surface area contributed by atoms with Crippen LogP contribution in [0.3, 0.4) is 0 Å². The molecule has 0 aliphatic carbocycles. The molecule has 0 radical (unpaired) electrons. The van der Waals surface area contributed by atoms with Crippen molar-refractivity contribution < 1.29 is 14.3 Å². The van der Waals surface area contributed by atoms with Crippen LogP contribution in [0.5, 0.6) is 0 Å². The number of aryl methyl sites for hydroxylation is 1. The number of hydrogen-bond acceptors (Lipinski definition) is 3. The van der Waals surface area contributed by atoms with Gasteiger partial charge in [0.25, 0.3) is 5.91 Å². The maximum atomic E-state index is 12.7. The third-order valence-corrected chi connectivity index (χ3v) is 6.87. The zero-order chi connectivity index (χ0) is 23.7. The van der Waals surface area contributed by atoms with E-state index in [0.717, 1.165) is 24.0 Å². The van der Waals surface area contributed by atoms with Crippen LogP contribution in [0.2, 0.25) is 0 Å². The summed E-state index contributed by atoms with van der Waals surface area (Å²) in [7, 11) is 0. The summed E-state index contributed by atoms with van der Waals surface area (Å²) in [6.45, 7) is 6.07. The lowest BCUT2D eigenvalue weighted by Crippen LogP contribution is -2.40. The average Bonchev–Trinajstić information content (AvgIpc) is 2.83. The first kappa shape index (κ1) is 27.4. The van der Waals surface area contributed by atoms with Crippen LogP contribution in [-0.4, -0.2) is 36.5 Å². The number of benzene rings is 1. The molecule has 0 N–H and O–H groups in total. The highest BCUT2D eigenvalue weighted by atomic mass is 16.5. The van der Waals surface area contributed by atoms with Crippen LogP contribution in [0.15, 0.2) is 24.3 Å². The van der Waals surface area contributed by atoms with Crippen LogP contribution in [0.1, 0.15) is 119 Å². The molecule has 4 nitrogen and oxygen atoms in total. The molecule has 1 aromatic carbocycles. The smallest absolute Gasteiger partial charge is 0.309 e. The minimum atomic E-state index is -0.0726. The molecule has 1 saturated heterocycles.